The van der Waals surface area contributed by atoms with E-state index in [9.17, 15) is 14.4 Å². The van der Waals surface area contributed by atoms with Crippen LogP contribution in [0.4, 0.5) is 0 Å². The number of carbonyl (C=O) groups is 3. The van der Waals surface area contributed by atoms with Crippen molar-refractivity contribution in [2.45, 2.75) is 19.3 Å². The first kappa shape index (κ1) is 10.5. The zero-order chi connectivity index (χ0) is 10.8. The number of nitrogens with one attached hydrogen (secondary N) is 1. The maximum atomic E-state index is 11.5. The standard InChI is InChI=1S/C8H13N3O3/c9-5(12)4-11-7(14)8(6(10)13)2-1-3-8/h1-4H2,(H2,9,12)(H2,10,13)(H,11,14). The van der Waals surface area contributed by atoms with Crippen molar-refractivity contribution in [2.75, 3.05) is 6.54 Å². The molecule has 5 N–H and O–H groups in total. The van der Waals surface area contributed by atoms with Crippen LogP contribution >= 0.6 is 0 Å². The molecule has 3 amide bonds. The molecule has 0 aliphatic heterocycles. The van der Waals surface area contributed by atoms with Crippen LogP contribution in [0.25, 0.3) is 0 Å². The van der Waals surface area contributed by atoms with Crippen LogP contribution in [0.2, 0.25) is 0 Å². The zero-order valence-electron chi connectivity index (χ0n) is 7.71. The fourth-order valence-corrected chi connectivity index (χ4v) is 1.45. The number of rotatable bonds is 4. The van der Waals surface area contributed by atoms with E-state index in [-0.39, 0.29) is 6.54 Å². The Hall–Kier alpha value is -1.59. The number of primary amides is 2. The van der Waals surface area contributed by atoms with Gasteiger partial charge in [-0.2, -0.15) is 0 Å². The van der Waals surface area contributed by atoms with E-state index in [1.54, 1.807) is 0 Å². The van der Waals surface area contributed by atoms with Crippen LogP contribution in [0.5, 0.6) is 0 Å². The molecule has 0 bridgehead atoms. The molecule has 0 spiro atoms. The third-order valence-electron chi connectivity index (χ3n) is 2.54. The highest BCUT2D eigenvalue weighted by atomic mass is 16.2. The molecule has 6 heteroatoms. The van der Waals surface area contributed by atoms with Gasteiger partial charge in [-0.05, 0) is 12.8 Å². The first-order valence-corrected chi connectivity index (χ1v) is 4.35. The highest BCUT2D eigenvalue weighted by molar-refractivity contribution is 6.05. The van der Waals surface area contributed by atoms with Gasteiger partial charge in [-0.15, -0.1) is 0 Å². The van der Waals surface area contributed by atoms with Crippen molar-refractivity contribution in [3.63, 3.8) is 0 Å². The van der Waals surface area contributed by atoms with E-state index in [0.717, 1.165) is 6.42 Å². The van der Waals surface area contributed by atoms with Gasteiger partial charge in [-0.3, -0.25) is 14.4 Å². The quantitative estimate of drug-likeness (QED) is 0.466. The number of carbonyl (C=O) groups excluding carboxylic acids is 3. The molecule has 0 aromatic carbocycles. The lowest BCUT2D eigenvalue weighted by Crippen LogP contribution is -2.54. The van der Waals surface area contributed by atoms with Gasteiger partial charge in [0, 0.05) is 0 Å². The summed E-state index contributed by atoms with van der Waals surface area (Å²) in [5, 5.41) is 2.29. The van der Waals surface area contributed by atoms with Crippen molar-refractivity contribution < 1.29 is 14.4 Å². The van der Waals surface area contributed by atoms with Gasteiger partial charge < -0.3 is 16.8 Å². The van der Waals surface area contributed by atoms with Crippen LogP contribution in [0.1, 0.15) is 19.3 Å². The maximum Gasteiger partial charge on any atom is 0.236 e. The summed E-state index contributed by atoms with van der Waals surface area (Å²) in [5.41, 5.74) is 8.87. The second-order valence-corrected chi connectivity index (χ2v) is 3.45. The predicted molar refractivity (Wildman–Crippen MR) is 47.7 cm³/mol. The number of nitrogens with two attached hydrogens (primary N) is 2. The Bertz CT molecular complexity index is 284. The average molecular weight is 199 g/mol. The molecule has 0 radical (unpaired) electrons. The summed E-state index contributed by atoms with van der Waals surface area (Å²) < 4.78 is 0. The summed E-state index contributed by atoms with van der Waals surface area (Å²) >= 11 is 0. The molecule has 0 unspecified atom stereocenters. The number of amides is 3. The van der Waals surface area contributed by atoms with Crippen LogP contribution in [-0.4, -0.2) is 24.3 Å². The molecule has 0 atom stereocenters. The lowest BCUT2D eigenvalue weighted by atomic mass is 9.67. The van der Waals surface area contributed by atoms with Crippen LogP contribution in [0, 0.1) is 5.41 Å². The highest BCUT2D eigenvalue weighted by Gasteiger charge is 2.49. The van der Waals surface area contributed by atoms with Crippen molar-refractivity contribution in [1.29, 1.82) is 0 Å². The molecule has 1 fully saturated rings. The monoisotopic (exact) mass is 199 g/mol. The van der Waals surface area contributed by atoms with E-state index in [1.807, 2.05) is 0 Å². The zero-order valence-corrected chi connectivity index (χ0v) is 7.71. The van der Waals surface area contributed by atoms with Crippen molar-refractivity contribution in [3.05, 3.63) is 0 Å². The Labute approximate surface area is 81.0 Å². The summed E-state index contributed by atoms with van der Waals surface area (Å²) in [7, 11) is 0. The molecule has 0 heterocycles. The summed E-state index contributed by atoms with van der Waals surface area (Å²) in [6.45, 7) is -0.256. The largest absolute Gasteiger partial charge is 0.369 e. The molecule has 0 aromatic rings. The van der Waals surface area contributed by atoms with Gasteiger partial charge in [0.15, 0.2) is 0 Å². The molecule has 1 rings (SSSR count). The van der Waals surface area contributed by atoms with E-state index < -0.39 is 23.1 Å². The number of hydrogen-bond donors (Lipinski definition) is 3. The third-order valence-corrected chi connectivity index (χ3v) is 2.54. The van der Waals surface area contributed by atoms with Gasteiger partial charge in [-0.25, -0.2) is 0 Å². The van der Waals surface area contributed by atoms with Crippen molar-refractivity contribution in [2.24, 2.45) is 16.9 Å². The Morgan fingerprint density at radius 2 is 1.79 bits per heavy atom. The van der Waals surface area contributed by atoms with Gasteiger partial charge in [0.2, 0.25) is 17.7 Å². The summed E-state index contributed by atoms with van der Waals surface area (Å²) in [6, 6.07) is 0. The fraction of sp³-hybridized carbons (Fsp3) is 0.625. The molecule has 1 aliphatic rings. The first-order chi connectivity index (χ1) is 6.49. The maximum absolute atomic E-state index is 11.5. The summed E-state index contributed by atoms with van der Waals surface area (Å²) in [5.74, 6) is -1.77. The topological polar surface area (TPSA) is 115 Å². The van der Waals surface area contributed by atoms with Crippen molar-refractivity contribution in [3.8, 4) is 0 Å². The van der Waals surface area contributed by atoms with E-state index in [1.165, 1.54) is 0 Å². The Morgan fingerprint density at radius 1 is 1.21 bits per heavy atom. The smallest absolute Gasteiger partial charge is 0.236 e. The van der Waals surface area contributed by atoms with E-state index in [0.29, 0.717) is 12.8 Å². The minimum Gasteiger partial charge on any atom is -0.369 e. The molecular formula is C8H13N3O3. The highest BCUT2D eigenvalue weighted by Crippen LogP contribution is 2.40. The molecule has 6 nitrogen and oxygen atoms in total. The van der Waals surface area contributed by atoms with Gasteiger partial charge in [0.1, 0.15) is 5.41 Å². The van der Waals surface area contributed by atoms with Gasteiger partial charge >= 0.3 is 0 Å². The van der Waals surface area contributed by atoms with Gasteiger partial charge in [0.25, 0.3) is 0 Å². The van der Waals surface area contributed by atoms with Crippen LogP contribution in [-0.2, 0) is 14.4 Å². The van der Waals surface area contributed by atoms with E-state index >= 15 is 0 Å². The number of hydrogen-bond acceptors (Lipinski definition) is 3. The lowest BCUT2D eigenvalue weighted by Gasteiger charge is -2.36. The first-order valence-electron chi connectivity index (χ1n) is 4.35. The Morgan fingerprint density at radius 3 is 2.07 bits per heavy atom. The van der Waals surface area contributed by atoms with E-state index in [2.05, 4.69) is 5.32 Å². The van der Waals surface area contributed by atoms with Crippen LogP contribution in [0.15, 0.2) is 0 Å². The fourth-order valence-electron chi connectivity index (χ4n) is 1.45. The normalized spacial score (nSPS) is 18.0. The van der Waals surface area contributed by atoms with E-state index in [4.69, 9.17) is 11.5 Å². The molecule has 1 saturated carbocycles. The van der Waals surface area contributed by atoms with Crippen LogP contribution < -0.4 is 16.8 Å². The second kappa shape index (κ2) is 3.65. The molecule has 0 saturated heterocycles. The van der Waals surface area contributed by atoms with Gasteiger partial charge in [-0.1, -0.05) is 6.42 Å². The minimum absolute atomic E-state index is 0.256. The SMILES string of the molecule is NC(=O)CNC(=O)C1(C(N)=O)CCC1. The average Bonchev–Trinajstić information content (AvgIpc) is 1.97. The Balaban J connectivity index is 2.57. The second-order valence-electron chi connectivity index (χ2n) is 3.45. The Kier molecular flexibility index (Phi) is 2.73. The molecule has 0 aromatic heterocycles. The molecular weight excluding hydrogens is 186 g/mol. The summed E-state index contributed by atoms with van der Waals surface area (Å²) in [6.07, 6.45) is 1.70. The lowest BCUT2D eigenvalue weighted by molar-refractivity contribution is -0.148. The summed E-state index contributed by atoms with van der Waals surface area (Å²) in [4.78, 5) is 32.9. The van der Waals surface area contributed by atoms with Crippen LogP contribution in [0.3, 0.4) is 0 Å². The van der Waals surface area contributed by atoms with Gasteiger partial charge in [0.05, 0.1) is 6.54 Å². The van der Waals surface area contributed by atoms with Crippen molar-refractivity contribution >= 4 is 17.7 Å². The third kappa shape index (κ3) is 1.68. The van der Waals surface area contributed by atoms with Crippen molar-refractivity contribution in [1.82, 2.24) is 5.32 Å². The molecule has 14 heavy (non-hydrogen) atoms. The minimum atomic E-state index is -1.10. The predicted octanol–water partition coefficient (Wildman–Crippen LogP) is -1.76. The molecule has 1 aliphatic carbocycles. The molecule has 78 valence electrons.